The fraction of sp³-hybridized carbons (Fsp3) is 0.167. The third kappa shape index (κ3) is 7.40. The van der Waals surface area contributed by atoms with E-state index in [1.54, 1.807) is 30.3 Å². The first-order valence-corrected chi connectivity index (χ1v) is 10.8. The summed E-state index contributed by atoms with van der Waals surface area (Å²) >= 11 is 11.9. The molecule has 3 aromatic carbocycles. The molecule has 0 aliphatic heterocycles. The summed E-state index contributed by atoms with van der Waals surface area (Å²) in [5.74, 6) is -0.434. The molecule has 0 saturated carbocycles. The average molecular weight is 511 g/mol. The molecule has 178 valence electrons. The van der Waals surface area contributed by atoms with Crippen molar-refractivity contribution in [3.8, 4) is 5.75 Å². The van der Waals surface area contributed by atoms with Crippen LogP contribution in [0.5, 0.6) is 5.75 Å². The first-order chi connectivity index (χ1) is 16.1. The van der Waals surface area contributed by atoms with Gasteiger partial charge in [0.15, 0.2) is 0 Å². The molecule has 0 fully saturated rings. The lowest BCUT2D eigenvalue weighted by molar-refractivity contribution is -0.137. The normalized spacial score (nSPS) is 11.1. The third-order valence-electron chi connectivity index (χ3n) is 4.56. The fourth-order valence-electron chi connectivity index (χ4n) is 2.95. The number of amides is 2. The summed E-state index contributed by atoms with van der Waals surface area (Å²) in [6, 6.07) is 15.3. The lowest BCUT2D eigenvalue weighted by atomic mass is 10.1. The van der Waals surface area contributed by atoms with Crippen molar-refractivity contribution in [3.05, 3.63) is 87.9 Å². The van der Waals surface area contributed by atoms with E-state index in [9.17, 15) is 22.8 Å². The van der Waals surface area contributed by atoms with Gasteiger partial charge in [0.05, 0.1) is 17.2 Å². The highest BCUT2D eigenvalue weighted by molar-refractivity contribution is 6.35. The van der Waals surface area contributed by atoms with E-state index in [0.717, 1.165) is 12.1 Å². The molecule has 0 heterocycles. The maximum Gasteiger partial charge on any atom is 0.416 e. The quantitative estimate of drug-likeness (QED) is 0.318. The zero-order valence-electron chi connectivity index (χ0n) is 17.6. The summed E-state index contributed by atoms with van der Waals surface area (Å²) in [6.07, 6.45) is -3.94. The summed E-state index contributed by atoms with van der Waals surface area (Å²) in [7, 11) is 0. The van der Waals surface area contributed by atoms with E-state index >= 15 is 0 Å². The molecule has 0 spiro atoms. The lowest BCUT2D eigenvalue weighted by Crippen LogP contribution is -2.15. The van der Waals surface area contributed by atoms with Gasteiger partial charge in [-0.1, -0.05) is 35.3 Å². The van der Waals surface area contributed by atoms with Gasteiger partial charge < -0.3 is 15.4 Å². The van der Waals surface area contributed by atoms with Crippen molar-refractivity contribution in [3.63, 3.8) is 0 Å². The Hall–Kier alpha value is -3.23. The summed E-state index contributed by atoms with van der Waals surface area (Å²) in [6.45, 7) is 0.258. The van der Waals surface area contributed by atoms with E-state index in [1.165, 1.54) is 24.3 Å². The van der Waals surface area contributed by atoms with Crippen molar-refractivity contribution >= 4 is 46.4 Å². The molecule has 0 atom stereocenters. The Kier molecular flexibility index (Phi) is 8.41. The van der Waals surface area contributed by atoms with Gasteiger partial charge in [0.25, 0.3) is 5.91 Å². The number of nitrogens with one attached hydrogen (secondary N) is 2. The standard InChI is InChI=1S/C24H19Cl2F3N2O3/c25-17-9-10-21(20(26)14-17)34-11-3-8-22(32)30-18-6-1-4-15(12-18)23(33)31-19-7-2-5-16(13-19)24(27,28)29/h1-2,4-7,9-10,12-14H,3,8,11H2,(H,30,32)(H,31,33). The maximum absolute atomic E-state index is 12.9. The molecule has 2 N–H and O–H groups in total. The number of ether oxygens (including phenoxy) is 1. The van der Waals surface area contributed by atoms with Crippen LogP contribution in [-0.2, 0) is 11.0 Å². The van der Waals surface area contributed by atoms with Crippen LogP contribution in [0.15, 0.2) is 66.7 Å². The Labute approximate surface area is 203 Å². The lowest BCUT2D eigenvalue weighted by Gasteiger charge is -2.11. The number of hydrogen-bond acceptors (Lipinski definition) is 3. The Morgan fingerprint density at radius 1 is 0.882 bits per heavy atom. The van der Waals surface area contributed by atoms with Crippen LogP contribution in [0.25, 0.3) is 0 Å². The maximum atomic E-state index is 12.9. The van der Waals surface area contributed by atoms with Crippen LogP contribution < -0.4 is 15.4 Å². The number of carbonyl (C=O) groups is 2. The van der Waals surface area contributed by atoms with Crippen LogP contribution in [0.4, 0.5) is 24.5 Å². The summed E-state index contributed by atoms with van der Waals surface area (Å²) in [5, 5.41) is 5.97. The topological polar surface area (TPSA) is 67.4 Å². The van der Waals surface area contributed by atoms with E-state index in [0.29, 0.717) is 27.9 Å². The van der Waals surface area contributed by atoms with Crippen molar-refractivity contribution in [1.82, 2.24) is 0 Å². The molecule has 10 heteroatoms. The number of alkyl halides is 3. The van der Waals surface area contributed by atoms with Crippen molar-refractivity contribution in [1.29, 1.82) is 0 Å². The highest BCUT2D eigenvalue weighted by Gasteiger charge is 2.30. The number of hydrogen-bond donors (Lipinski definition) is 2. The second-order valence-electron chi connectivity index (χ2n) is 7.19. The number of carbonyl (C=O) groups excluding carboxylic acids is 2. The van der Waals surface area contributed by atoms with Gasteiger partial charge in [-0.2, -0.15) is 13.2 Å². The summed E-state index contributed by atoms with van der Waals surface area (Å²) in [4.78, 5) is 24.7. The molecular formula is C24H19Cl2F3N2O3. The minimum atomic E-state index is -4.52. The Balaban J connectivity index is 1.51. The molecule has 0 aliphatic rings. The molecule has 0 bridgehead atoms. The van der Waals surface area contributed by atoms with Crippen molar-refractivity contribution in [2.75, 3.05) is 17.2 Å². The molecule has 3 aromatic rings. The number of rotatable bonds is 8. The fourth-order valence-corrected chi connectivity index (χ4v) is 3.41. The zero-order chi connectivity index (χ0) is 24.7. The minimum Gasteiger partial charge on any atom is -0.492 e. The second kappa shape index (κ2) is 11.3. The van der Waals surface area contributed by atoms with Crippen LogP contribution in [0, 0.1) is 0 Å². The Morgan fingerprint density at radius 2 is 1.59 bits per heavy atom. The predicted octanol–water partition coefficient (Wildman–Crippen LogP) is 7.06. The van der Waals surface area contributed by atoms with Crippen molar-refractivity contribution < 1.29 is 27.5 Å². The molecule has 34 heavy (non-hydrogen) atoms. The first-order valence-electron chi connectivity index (χ1n) is 10.1. The van der Waals surface area contributed by atoms with Crippen molar-refractivity contribution in [2.45, 2.75) is 19.0 Å². The molecule has 3 rings (SSSR count). The van der Waals surface area contributed by atoms with E-state index < -0.39 is 17.6 Å². The van der Waals surface area contributed by atoms with E-state index in [-0.39, 0.29) is 30.2 Å². The summed E-state index contributed by atoms with van der Waals surface area (Å²) < 4.78 is 44.1. The van der Waals surface area contributed by atoms with Crippen LogP contribution in [0.2, 0.25) is 10.0 Å². The number of anilines is 2. The molecule has 2 amide bonds. The van der Waals surface area contributed by atoms with Crippen LogP contribution in [0.1, 0.15) is 28.8 Å². The van der Waals surface area contributed by atoms with Gasteiger partial charge in [0.1, 0.15) is 5.75 Å². The van der Waals surface area contributed by atoms with Gasteiger partial charge >= 0.3 is 6.18 Å². The third-order valence-corrected chi connectivity index (χ3v) is 5.09. The minimum absolute atomic E-state index is 0.00931. The predicted molar refractivity (Wildman–Crippen MR) is 126 cm³/mol. The van der Waals surface area contributed by atoms with E-state index in [2.05, 4.69) is 10.6 Å². The van der Waals surface area contributed by atoms with Gasteiger partial charge in [-0.25, -0.2) is 0 Å². The highest BCUT2D eigenvalue weighted by atomic mass is 35.5. The van der Waals surface area contributed by atoms with Gasteiger partial charge in [-0.3, -0.25) is 9.59 Å². The van der Waals surface area contributed by atoms with E-state index in [1.807, 2.05) is 0 Å². The van der Waals surface area contributed by atoms with Gasteiger partial charge in [-0.05, 0) is 61.0 Å². The molecule has 0 aromatic heterocycles. The van der Waals surface area contributed by atoms with Crippen molar-refractivity contribution in [2.24, 2.45) is 0 Å². The van der Waals surface area contributed by atoms with Crippen LogP contribution >= 0.6 is 23.2 Å². The van der Waals surface area contributed by atoms with Gasteiger partial charge in [0.2, 0.25) is 5.91 Å². The van der Waals surface area contributed by atoms with E-state index in [4.69, 9.17) is 27.9 Å². The second-order valence-corrected chi connectivity index (χ2v) is 8.03. The SMILES string of the molecule is O=C(CCCOc1ccc(Cl)cc1Cl)Nc1cccc(C(=O)Nc2cccc(C(F)(F)F)c2)c1. The van der Waals surface area contributed by atoms with Crippen LogP contribution in [-0.4, -0.2) is 18.4 Å². The molecule has 0 aliphatic carbocycles. The van der Waals surface area contributed by atoms with Gasteiger partial charge in [-0.15, -0.1) is 0 Å². The Morgan fingerprint density at radius 3 is 2.29 bits per heavy atom. The molecule has 5 nitrogen and oxygen atoms in total. The monoisotopic (exact) mass is 510 g/mol. The number of halogens is 5. The molecule has 0 radical (unpaired) electrons. The Bertz CT molecular complexity index is 1190. The average Bonchev–Trinajstić information content (AvgIpc) is 2.77. The molecule has 0 unspecified atom stereocenters. The first kappa shape index (κ1) is 25.4. The largest absolute Gasteiger partial charge is 0.492 e. The van der Waals surface area contributed by atoms with Gasteiger partial charge in [0, 0.05) is 28.4 Å². The molecular weight excluding hydrogens is 492 g/mol. The van der Waals surface area contributed by atoms with Crippen LogP contribution in [0.3, 0.4) is 0 Å². The smallest absolute Gasteiger partial charge is 0.416 e. The molecule has 0 saturated heterocycles. The number of benzene rings is 3. The summed E-state index contributed by atoms with van der Waals surface area (Å²) in [5.41, 5.74) is -0.303. The highest BCUT2D eigenvalue weighted by Crippen LogP contribution is 2.31. The zero-order valence-corrected chi connectivity index (χ0v) is 19.1.